The number of esters is 1. The van der Waals surface area contributed by atoms with E-state index in [2.05, 4.69) is 55.9 Å². The van der Waals surface area contributed by atoms with Crippen LogP contribution in [-0.2, 0) is 32.0 Å². The first-order valence-electron chi connectivity index (χ1n) is 23.1. The maximum absolute atomic E-state index is 14.3. The first kappa shape index (κ1) is 46.2. The number of methoxy groups -OCH3 is 2. The lowest BCUT2D eigenvalue weighted by Gasteiger charge is -2.47. The molecule has 2 fully saturated rings. The van der Waals surface area contributed by atoms with Crippen molar-refractivity contribution in [3.63, 3.8) is 0 Å². The van der Waals surface area contributed by atoms with Gasteiger partial charge in [-0.3, -0.25) is 0 Å². The molecular weight excluding hydrogens is 801 g/mol. The molecule has 0 amide bonds. The van der Waals surface area contributed by atoms with Gasteiger partial charge in [-0.25, -0.2) is 14.4 Å². The van der Waals surface area contributed by atoms with Gasteiger partial charge in [-0.15, -0.1) is 0 Å². The number of carbonyl (C=O) groups excluding carboxylic acids is 3. The fourth-order valence-electron chi connectivity index (χ4n) is 10.6. The molecule has 0 radical (unpaired) electrons. The lowest BCUT2D eigenvalue weighted by Crippen LogP contribution is -2.49. The third kappa shape index (κ3) is 10.4. The van der Waals surface area contributed by atoms with Crippen molar-refractivity contribution in [2.75, 3.05) is 48.0 Å². The van der Waals surface area contributed by atoms with Crippen LogP contribution in [0.15, 0.2) is 54.6 Å². The van der Waals surface area contributed by atoms with Crippen molar-refractivity contribution in [3.8, 4) is 17.2 Å². The molecule has 2 aliphatic carbocycles. The highest BCUT2D eigenvalue weighted by Gasteiger charge is 2.49. The smallest absolute Gasteiger partial charge is 0.497 e. The van der Waals surface area contributed by atoms with E-state index in [4.69, 9.17) is 33.2 Å². The van der Waals surface area contributed by atoms with Gasteiger partial charge in [-0.05, 0) is 129 Å². The average Bonchev–Trinajstić information content (AvgIpc) is 3.26. The molecule has 3 aromatic carbocycles. The molecule has 63 heavy (non-hydrogen) atoms. The van der Waals surface area contributed by atoms with Gasteiger partial charge in [0, 0.05) is 44.1 Å². The minimum Gasteiger partial charge on any atom is -0.497 e. The van der Waals surface area contributed by atoms with Crippen LogP contribution in [0.25, 0.3) is 0 Å². The van der Waals surface area contributed by atoms with Gasteiger partial charge in [0.2, 0.25) is 0 Å². The standard InChI is InChI=1S/C51H68N2O10/c1-33(2)32-59-48(55)62-50(21-11-9-12-22-50)43-30-52(5)28-36-25-35(15-18-40(36)43)46(34(3)4)61-49(56)63-51(23-13-10-14-24-51)44-31-53(6)29-37-26-39(17-19-41(37)44)60-47(54)42-20-16-38(57-7)27-45(42)58-8/h15-20,25-27,33-34,43-44,46H,9-14,21-24,28-32H2,1-8H3. The topological polar surface area (TPSA) is 122 Å². The zero-order valence-electron chi connectivity index (χ0n) is 38.7. The molecule has 12 nitrogen and oxygen atoms in total. The molecule has 2 aliphatic heterocycles. The normalized spacial score (nSPS) is 21.4. The number of likely N-dealkylation sites (N-methyl/N-ethyl adjacent to an activating group) is 2. The number of nitrogens with zero attached hydrogens (tertiary/aromatic N) is 2. The van der Waals surface area contributed by atoms with Crippen molar-refractivity contribution >= 4 is 18.3 Å². The molecule has 0 spiro atoms. The summed E-state index contributed by atoms with van der Waals surface area (Å²) in [6.45, 7) is 11.4. The Hall–Kier alpha value is -4.81. The first-order valence-corrected chi connectivity index (χ1v) is 23.1. The number of rotatable bonds is 13. The highest BCUT2D eigenvalue weighted by atomic mass is 16.7. The predicted octanol–water partition coefficient (Wildman–Crippen LogP) is 10.7. The summed E-state index contributed by atoms with van der Waals surface area (Å²) in [6.07, 6.45) is 7.33. The quantitative estimate of drug-likeness (QED) is 0.120. The van der Waals surface area contributed by atoms with Crippen LogP contribution in [0.3, 0.4) is 0 Å². The maximum atomic E-state index is 14.3. The molecule has 4 aliphatic rings. The Morgan fingerprint density at radius 3 is 1.78 bits per heavy atom. The van der Waals surface area contributed by atoms with Crippen LogP contribution in [0.5, 0.6) is 17.2 Å². The predicted molar refractivity (Wildman–Crippen MR) is 240 cm³/mol. The molecule has 0 aromatic heterocycles. The summed E-state index contributed by atoms with van der Waals surface area (Å²) in [5, 5.41) is 0. The second kappa shape index (κ2) is 19.9. The lowest BCUT2D eigenvalue weighted by molar-refractivity contribution is -0.0915. The Morgan fingerprint density at radius 1 is 0.667 bits per heavy atom. The summed E-state index contributed by atoms with van der Waals surface area (Å²) in [6, 6.07) is 17.2. The number of hydrogen-bond acceptors (Lipinski definition) is 12. The van der Waals surface area contributed by atoms with Crippen LogP contribution in [0, 0.1) is 11.8 Å². The third-order valence-corrected chi connectivity index (χ3v) is 13.7. The van der Waals surface area contributed by atoms with Gasteiger partial charge in [0.1, 0.15) is 40.1 Å². The molecule has 3 aromatic rings. The summed E-state index contributed by atoms with van der Waals surface area (Å²) in [7, 11) is 7.24. The fourth-order valence-corrected chi connectivity index (χ4v) is 10.6. The molecule has 3 unspecified atom stereocenters. The van der Waals surface area contributed by atoms with Gasteiger partial charge >= 0.3 is 18.3 Å². The SMILES string of the molecule is COc1ccc(C(=O)Oc2ccc3c(c2)CN(C)CC3C2(OC(=O)OC(c3ccc4c(c3)CN(C)CC4C3(OC(=O)OCC(C)C)CCCCC3)C(C)C)CCCCC2)c(OC)c1. The second-order valence-electron chi connectivity index (χ2n) is 19.2. The molecule has 2 saturated carbocycles. The van der Waals surface area contributed by atoms with E-state index in [1.54, 1.807) is 25.3 Å². The number of hydrogen-bond donors (Lipinski definition) is 0. The van der Waals surface area contributed by atoms with E-state index in [0.717, 1.165) is 99.6 Å². The number of fused-ring (bicyclic) bond motifs is 2. The number of ether oxygens (including phenoxy) is 7. The van der Waals surface area contributed by atoms with Gasteiger partial charge in [0.05, 0.1) is 20.8 Å². The highest BCUT2D eigenvalue weighted by Crippen LogP contribution is 2.49. The van der Waals surface area contributed by atoms with Crippen LogP contribution in [-0.4, -0.2) is 87.3 Å². The van der Waals surface area contributed by atoms with Gasteiger partial charge in [0.15, 0.2) is 0 Å². The van der Waals surface area contributed by atoms with E-state index in [-0.39, 0.29) is 23.7 Å². The molecule has 2 heterocycles. The minimum absolute atomic E-state index is 0.0154. The van der Waals surface area contributed by atoms with Crippen molar-refractivity contribution < 1.29 is 47.5 Å². The molecule has 3 atom stereocenters. The molecule has 0 saturated heterocycles. The highest BCUT2D eigenvalue weighted by molar-refractivity contribution is 5.94. The Bertz CT molecular complexity index is 2090. The van der Waals surface area contributed by atoms with Gasteiger partial charge in [-0.2, -0.15) is 0 Å². The number of carbonyl (C=O) groups is 3. The van der Waals surface area contributed by atoms with Crippen molar-refractivity contribution in [3.05, 3.63) is 88.0 Å². The van der Waals surface area contributed by atoms with Crippen molar-refractivity contribution in [1.82, 2.24) is 9.80 Å². The Labute approximate surface area is 373 Å². The van der Waals surface area contributed by atoms with Crippen LogP contribution in [0.4, 0.5) is 9.59 Å². The van der Waals surface area contributed by atoms with E-state index in [1.165, 1.54) is 12.7 Å². The largest absolute Gasteiger partial charge is 0.509 e. The Morgan fingerprint density at radius 2 is 1.22 bits per heavy atom. The summed E-state index contributed by atoms with van der Waals surface area (Å²) in [5.41, 5.74) is 4.23. The van der Waals surface area contributed by atoms with E-state index >= 15 is 0 Å². The summed E-state index contributed by atoms with van der Waals surface area (Å²) in [5.74, 6) is 0.899. The van der Waals surface area contributed by atoms with Crippen molar-refractivity contribution in [1.29, 1.82) is 0 Å². The van der Waals surface area contributed by atoms with Gasteiger partial charge in [0.25, 0.3) is 0 Å². The average molecular weight is 869 g/mol. The van der Waals surface area contributed by atoms with Crippen LogP contribution in [0.2, 0.25) is 0 Å². The Balaban J connectivity index is 1.11. The van der Waals surface area contributed by atoms with Crippen molar-refractivity contribution in [2.45, 2.75) is 134 Å². The minimum atomic E-state index is -0.772. The van der Waals surface area contributed by atoms with Gasteiger partial charge in [-0.1, -0.05) is 64.8 Å². The maximum Gasteiger partial charge on any atom is 0.509 e. The first-order chi connectivity index (χ1) is 30.2. The van der Waals surface area contributed by atoms with Crippen LogP contribution < -0.4 is 14.2 Å². The van der Waals surface area contributed by atoms with Crippen molar-refractivity contribution in [2.24, 2.45) is 11.8 Å². The molecule has 0 N–H and O–H groups in total. The van der Waals surface area contributed by atoms with Gasteiger partial charge < -0.3 is 43.0 Å². The third-order valence-electron chi connectivity index (χ3n) is 13.7. The van der Waals surface area contributed by atoms with E-state index in [0.29, 0.717) is 42.5 Å². The lowest BCUT2D eigenvalue weighted by atomic mass is 9.70. The molecule has 0 bridgehead atoms. The molecule has 7 rings (SSSR count). The monoisotopic (exact) mass is 868 g/mol. The summed E-state index contributed by atoms with van der Waals surface area (Å²) in [4.78, 5) is 45.3. The Kier molecular flexibility index (Phi) is 14.6. The van der Waals surface area contributed by atoms with E-state index in [9.17, 15) is 14.4 Å². The number of benzene rings is 3. The van der Waals surface area contributed by atoms with Crippen LogP contribution in [0.1, 0.15) is 148 Å². The van der Waals surface area contributed by atoms with E-state index < -0.39 is 35.6 Å². The summed E-state index contributed by atoms with van der Waals surface area (Å²) >= 11 is 0. The molecular formula is C51H68N2O10. The fraction of sp³-hybridized carbons (Fsp3) is 0.588. The zero-order valence-corrected chi connectivity index (χ0v) is 38.7. The second-order valence-corrected chi connectivity index (χ2v) is 19.2. The molecule has 12 heteroatoms. The van der Waals surface area contributed by atoms with Crippen LogP contribution >= 0.6 is 0 Å². The van der Waals surface area contributed by atoms with E-state index in [1.807, 2.05) is 32.0 Å². The summed E-state index contributed by atoms with van der Waals surface area (Å²) < 4.78 is 41.6. The zero-order chi connectivity index (χ0) is 44.9. The molecule has 342 valence electrons.